The molecule has 0 saturated carbocycles. The zero-order chi connectivity index (χ0) is 13.7. The van der Waals surface area contributed by atoms with Crippen LogP contribution >= 0.6 is 0 Å². The molecular weight excluding hydrogens is 255 g/mol. The lowest BCUT2D eigenvalue weighted by Gasteiger charge is -2.19. The zero-order valence-electron chi connectivity index (χ0n) is 10.3. The summed E-state index contributed by atoms with van der Waals surface area (Å²) in [7, 11) is -3.06. The summed E-state index contributed by atoms with van der Waals surface area (Å²) in [5.41, 5.74) is 0. The summed E-state index contributed by atoms with van der Waals surface area (Å²) in [6.07, 6.45) is -3.33. The van der Waals surface area contributed by atoms with Gasteiger partial charge >= 0.3 is 6.18 Å². The van der Waals surface area contributed by atoms with Gasteiger partial charge < -0.3 is 5.32 Å². The maximum absolute atomic E-state index is 11.9. The minimum Gasteiger partial charge on any atom is -0.311 e. The van der Waals surface area contributed by atoms with Crippen molar-refractivity contribution in [1.29, 1.82) is 0 Å². The van der Waals surface area contributed by atoms with Gasteiger partial charge in [-0.2, -0.15) is 13.2 Å². The van der Waals surface area contributed by atoms with Crippen LogP contribution in [0.2, 0.25) is 0 Å². The van der Waals surface area contributed by atoms with Gasteiger partial charge in [0.15, 0.2) is 0 Å². The quantitative estimate of drug-likeness (QED) is 0.774. The molecule has 0 spiro atoms. The van der Waals surface area contributed by atoms with Gasteiger partial charge in [0.2, 0.25) is 0 Å². The molecule has 0 aromatic rings. The number of halogens is 3. The largest absolute Gasteiger partial charge is 0.389 e. The Morgan fingerprint density at radius 1 is 1.18 bits per heavy atom. The van der Waals surface area contributed by atoms with E-state index in [0.717, 1.165) is 6.26 Å². The van der Waals surface area contributed by atoms with E-state index in [1.165, 1.54) is 0 Å². The van der Waals surface area contributed by atoms with Gasteiger partial charge in [-0.05, 0) is 26.7 Å². The van der Waals surface area contributed by atoms with Crippen molar-refractivity contribution in [2.75, 3.05) is 12.0 Å². The SMILES string of the molecule is CC(CCCC(F)(F)F)NC(C)CS(C)(=O)=O. The van der Waals surface area contributed by atoms with E-state index in [-0.39, 0.29) is 24.3 Å². The average molecular weight is 275 g/mol. The van der Waals surface area contributed by atoms with E-state index in [1.807, 2.05) is 0 Å². The van der Waals surface area contributed by atoms with E-state index in [1.54, 1.807) is 13.8 Å². The lowest BCUT2D eigenvalue weighted by atomic mass is 10.1. The van der Waals surface area contributed by atoms with Gasteiger partial charge in [-0.15, -0.1) is 0 Å². The second kappa shape index (κ2) is 6.58. The molecule has 0 radical (unpaired) electrons. The van der Waals surface area contributed by atoms with E-state index < -0.39 is 22.4 Å². The molecule has 0 aliphatic rings. The highest BCUT2D eigenvalue weighted by atomic mass is 32.2. The van der Waals surface area contributed by atoms with Crippen LogP contribution < -0.4 is 5.32 Å². The summed E-state index contributed by atoms with van der Waals surface area (Å²) in [5, 5.41) is 2.98. The molecule has 0 fully saturated rings. The Hall–Kier alpha value is -0.300. The Morgan fingerprint density at radius 2 is 1.71 bits per heavy atom. The minimum atomic E-state index is -4.11. The molecule has 104 valence electrons. The highest BCUT2D eigenvalue weighted by Crippen LogP contribution is 2.22. The van der Waals surface area contributed by atoms with Crippen LogP contribution in [0.15, 0.2) is 0 Å². The minimum absolute atomic E-state index is 0.00336. The summed E-state index contributed by atoms with van der Waals surface area (Å²) >= 11 is 0. The van der Waals surface area contributed by atoms with Crippen molar-refractivity contribution in [3.8, 4) is 0 Å². The first-order chi connectivity index (χ1) is 7.49. The van der Waals surface area contributed by atoms with Crippen LogP contribution in [0.3, 0.4) is 0 Å². The van der Waals surface area contributed by atoms with Gasteiger partial charge in [0.05, 0.1) is 5.75 Å². The van der Waals surface area contributed by atoms with Crippen molar-refractivity contribution in [2.24, 2.45) is 0 Å². The lowest BCUT2D eigenvalue weighted by Crippen LogP contribution is -2.38. The second-order valence-corrected chi connectivity index (χ2v) is 6.75. The van der Waals surface area contributed by atoms with Gasteiger partial charge in [-0.3, -0.25) is 0 Å². The van der Waals surface area contributed by atoms with Crippen molar-refractivity contribution in [3.05, 3.63) is 0 Å². The molecule has 0 aliphatic heterocycles. The first-order valence-corrected chi connectivity index (χ1v) is 7.56. The Kier molecular flexibility index (Phi) is 6.47. The Morgan fingerprint density at radius 3 is 2.12 bits per heavy atom. The fourth-order valence-corrected chi connectivity index (χ4v) is 2.68. The molecule has 1 N–H and O–H groups in total. The molecule has 7 heteroatoms. The number of alkyl halides is 3. The zero-order valence-corrected chi connectivity index (χ0v) is 11.2. The maximum atomic E-state index is 11.9. The Labute approximate surface area is 101 Å². The van der Waals surface area contributed by atoms with Gasteiger partial charge in [0, 0.05) is 24.8 Å². The van der Waals surface area contributed by atoms with Gasteiger partial charge in [0.25, 0.3) is 0 Å². The highest BCUT2D eigenvalue weighted by Gasteiger charge is 2.26. The van der Waals surface area contributed by atoms with Crippen molar-refractivity contribution < 1.29 is 21.6 Å². The van der Waals surface area contributed by atoms with Gasteiger partial charge in [-0.25, -0.2) is 8.42 Å². The molecule has 0 aromatic heterocycles. The van der Waals surface area contributed by atoms with Crippen molar-refractivity contribution in [1.82, 2.24) is 5.32 Å². The van der Waals surface area contributed by atoms with E-state index in [2.05, 4.69) is 5.32 Å². The van der Waals surface area contributed by atoms with E-state index in [9.17, 15) is 21.6 Å². The fourth-order valence-electron chi connectivity index (χ4n) is 1.68. The monoisotopic (exact) mass is 275 g/mol. The predicted octanol–water partition coefficient (Wildman–Crippen LogP) is 2.13. The van der Waals surface area contributed by atoms with Gasteiger partial charge in [0.1, 0.15) is 9.84 Å². The van der Waals surface area contributed by atoms with E-state index in [4.69, 9.17) is 0 Å². The molecule has 0 saturated heterocycles. The first-order valence-electron chi connectivity index (χ1n) is 5.50. The van der Waals surface area contributed by atoms with Crippen LogP contribution in [0.1, 0.15) is 33.1 Å². The van der Waals surface area contributed by atoms with Crippen LogP contribution in [0.4, 0.5) is 13.2 Å². The molecule has 17 heavy (non-hydrogen) atoms. The van der Waals surface area contributed by atoms with E-state index >= 15 is 0 Å². The number of rotatable bonds is 7. The summed E-state index contributed by atoms with van der Waals surface area (Å²) in [6, 6.07) is -0.361. The average Bonchev–Trinajstić information content (AvgIpc) is 1.96. The lowest BCUT2D eigenvalue weighted by molar-refractivity contribution is -0.135. The Bertz CT molecular complexity index is 314. The van der Waals surface area contributed by atoms with Crippen LogP contribution in [0.5, 0.6) is 0 Å². The third-order valence-corrected chi connectivity index (χ3v) is 3.32. The molecule has 2 atom stereocenters. The van der Waals surface area contributed by atoms with Crippen LogP contribution in [-0.2, 0) is 9.84 Å². The summed E-state index contributed by atoms with van der Waals surface area (Å²) in [6.45, 7) is 3.47. The molecule has 0 aliphatic carbocycles. The third-order valence-electron chi connectivity index (χ3n) is 2.22. The molecule has 2 unspecified atom stereocenters. The number of hydrogen-bond donors (Lipinski definition) is 1. The molecule has 3 nitrogen and oxygen atoms in total. The standard InChI is InChI=1S/C10H20F3NO2S/c1-8(5-4-6-10(11,12)13)14-9(2)7-17(3,15)16/h8-9,14H,4-7H2,1-3H3. The molecular formula is C10H20F3NO2S. The highest BCUT2D eigenvalue weighted by molar-refractivity contribution is 7.90. The smallest absolute Gasteiger partial charge is 0.311 e. The van der Waals surface area contributed by atoms with Crippen LogP contribution in [0.25, 0.3) is 0 Å². The summed E-state index contributed by atoms with van der Waals surface area (Å²) < 4.78 is 57.6. The number of hydrogen-bond acceptors (Lipinski definition) is 3. The second-order valence-electron chi connectivity index (χ2n) is 4.57. The fraction of sp³-hybridized carbons (Fsp3) is 1.00. The topological polar surface area (TPSA) is 46.2 Å². The number of sulfone groups is 1. The molecule has 0 rings (SSSR count). The van der Waals surface area contributed by atoms with Crippen LogP contribution in [-0.4, -0.2) is 38.7 Å². The maximum Gasteiger partial charge on any atom is 0.389 e. The van der Waals surface area contributed by atoms with E-state index in [0.29, 0.717) is 6.42 Å². The van der Waals surface area contributed by atoms with Crippen LogP contribution in [0, 0.1) is 0 Å². The normalized spacial score (nSPS) is 16.8. The predicted molar refractivity (Wildman–Crippen MR) is 61.7 cm³/mol. The Balaban J connectivity index is 3.83. The molecule has 0 heterocycles. The molecule has 0 bridgehead atoms. The molecule has 0 amide bonds. The van der Waals surface area contributed by atoms with Gasteiger partial charge in [-0.1, -0.05) is 0 Å². The summed E-state index contributed by atoms with van der Waals surface area (Å²) in [5.74, 6) is -0.00336. The first kappa shape index (κ1) is 16.7. The summed E-state index contributed by atoms with van der Waals surface area (Å²) in [4.78, 5) is 0. The van der Waals surface area contributed by atoms with Crippen molar-refractivity contribution in [3.63, 3.8) is 0 Å². The number of nitrogens with one attached hydrogen (secondary N) is 1. The van der Waals surface area contributed by atoms with Crippen molar-refractivity contribution >= 4 is 9.84 Å². The third kappa shape index (κ3) is 12.0. The van der Waals surface area contributed by atoms with Crippen molar-refractivity contribution in [2.45, 2.75) is 51.4 Å². The molecule has 0 aromatic carbocycles.